The molecule has 0 bridgehead atoms. The second kappa shape index (κ2) is 6.32. The zero-order valence-electron chi connectivity index (χ0n) is 11.6. The van der Waals surface area contributed by atoms with Gasteiger partial charge in [-0.2, -0.15) is 4.99 Å². The van der Waals surface area contributed by atoms with E-state index in [0.717, 1.165) is 0 Å². The molecule has 8 heteroatoms. The summed E-state index contributed by atoms with van der Waals surface area (Å²) in [5, 5.41) is 3.48. The maximum Gasteiger partial charge on any atom is 0.246 e. The molecule has 6 nitrogen and oxygen atoms in total. The van der Waals surface area contributed by atoms with Gasteiger partial charge in [-0.3, -0.25) is 10.1 Å². The largest absolute Gasteiger partial charge is 0.368 e. The van der Waals surface area contributed by atoms with Gasteiger partial charge in [-0.15, -0.1) is 0 Å². The van der Waals surface area contributed by atoms with Crippen LogP contribution < -0.4 is 16.0 Å². The molecule has 0 aromatic heterocycles. The van der Waals surface area contributed by atoms with E-state index in [2.05, 4.69) is 15.3 Å². The van der Waals surface area contributed by atoms with E-state index in [4.69, 9.17) is 28.9 Å². The summed E-state index contributed by atoms with van der Waals surface area (Å²) in [5.74, 6) is 0.240. The number of nitrogens with two attached hydrogens (primary N) is 1. The molecule has 0 unspecified atom stereocenters. The zero-order valence-corrected chi connectivity index (χ0v) is 13.1. The van der Waals surface area contributed by atoms with Gasteiger partial charge in [-0.05, 0) is 32.0 Å². The van der Waals surface area contributed by atoms with Crippen LogP contribution in [0.25, 0.3) is 0 Å². The Kier molecular flexibility index (Phi) is 4.69. The highest BCUT2D eigenvalue weighted by Crippen LogP contribution is 2.28. The van der Waals surface area contributed by atoms with Gasteiger partial charge in [-0.25, -0.2) is 4.99 Å². The normalized spacial score (nSPS) is 17.8. The standard InChI is InChI=1S/C13H15Cl2N5O/c1-7(2)17-12(16)19-13-18-11(21)6-20(13)8-3-4-9(14)10(15)5-8/h3-5,7H,6H2,1-2H3,(H3,16,17,18,19,21). The Morgan fingerprint density at radius 2 is 2.10 bits per heavy atom. The maximum absolute atomic E-state index is 11.6. The van der Waals surface area contributed by atoms with Crippen LogP contribution in [-0.2, 0) is 4.79 Å². The van der Waals surface area contributed by atoms with Gasteiger partial charge in [0.05, 0.1) is 10.0 Å². The third-order valence-electron chi connectivity index (χ3n) is 2.63. The van der Waals surface area contributed by atoms with Crippen molar-refractivity contribution in [3.63, 3.8) is 0 Å². The number of aliphatic imine (C=N–C) groups is 2. The van der Waals surface area contributed by atoms with Crippen LogP contribution in [0.1, 0.15) is 13.8 Å². The summed E-state index contributed by atoms with van der Waals surface area (Å²) < 4.78 is 0. The van der Waals surface area contributed by atoms with E-state index in [0.29, 0.717) is 21.7 Å². The van der Waals surface area contributed by atoms with Crippen molar-refractivity contribution in [2.75, 3.05) is 11.4 Å². The van der Waals surface area contributed by atoms with E-state index < -0.39 is 0 Å². The molecule has 1 heterocycles. The molecule has 1 aromatic rings. The molecule has 0 spiro atoms. The molecule has 1 aliphatic rings. The first kappa shape index (κ1) is 15.6. The van der Waals surface area contributed by atoms with Crippen molar-refractivity contribution in [3.8, 4) is 0 Å². The van der Waals surface area contributed by atoms with Crippen molar-refractivity contribution in [1.82, 2.24) is 5.32 Å². The zero-order chi connectivity index (χ0) is 15.6. The number of nitrogens with zero attached hydrogens (tertiary/aromatic N) is 3. The first-order chi connectivity index (χ1) is 9.86. The molecule has 0 aliphatic carbocycles. The molecule has 1 fully saturated rings. The average Bonchev–Trinajstić information content (AvgIpc) is 2.72. The third-order valence-corrected chi connectivity index (χ3v) is 3.37. The predicted molar refractivity (Wildman–Crippen MR) is 86.1 cm³/mol. The van der Waals surface area contributed by atoms with Crippen molar-refractivity contribution < 1.29 is 4.79 Å². The Morgan fingerprint density at radius 1 is 1.38 bits per heavy atom. The van der Waals surface area contributed by atoms with Crippen LogP contribution in [0.3, 0.4) is 0 Å². The monoisotopic (exact) mass is 327 g/mol. The highest BCUT2D eigenvalue weighted by molar-refractivity contribution is 6.42. The number of hydrogen-bond donors (Lipinski definition) is 2. The minimum absolute atomic E-state index is 0.0184. The highest BCUT2D eigenvalue weighted by atomic mass is 35.5. The van der Waals surface area contributed by atoms with E-state index >= 15 is 0 Å². The number of guanidine groups is 2. The number of nitrogens with one attached hydrogen (secondary N) is 1. The Balaban J connectivity index is 2.34. The Morgan fingerprint density at radius 3 is 2.71 bits per heavy atom. The summed E-state index contributed by atoms with van der Waals surface area (Å²) in [4.78, 5) is 21.5. The molecule has 112 valence electrons. The van der Waals surface area contributed by atoms with E-state index in [-0.39, 0.29) is 24.5 Å². The van der Waals surface area contributed by atoms with Gasteiger partial charge >= 0.3 is 0 Å². The molecule has 1 aromatic carbocycles. The van der Waals surface area contributed by atoms with Gasteiger partial charge in [0, 0.05) is 11.7 Å². The summed E-state index contributed by atoms with van der Waals surface area (Å²) in [7, 11) is 0. The van der Waals surface area contributed by atoms with Gasteiger partial charge in [0.2, 0.25) is 17.8 Å². The van der Waals surface area contributed by atoms with Gasteiger partial charge in [0.25, 0.3) is 0 Å². The van der Waals surface area contributed by atoms with Gasteiger partial charge in [0.1, 0.15) is 6.54 Å². The lowest BCUT2D eigenvalue weighted by molar-refractivity contribution is -0.117. The fraction of sp³-hybridized carbons (Fsp3) is 0.308. The van der Waals surface area contributed by atoms with Gasteiger partial charge < -0.3 is 10.6 Å². The fourth-order valence-corrected chi connectivity index (χ4v) is 2.10. The lowest BCUT2D eigenvalue weighted by Gasteiger charge is -2.17. The Bertz CT molecular complexity index is 627. The first-order valence-corrected chi connectivity index (χ1v) is 7.07. The summed E-state index contributed by atoms with van der Waals surface area (Å²) in [6, 6.07) is 5.09. The summed E-state index contributed by atoms with van der Waals surface area (Å²) in [6.45, 7) is 3.90. The molecular formula is C13H15Cl2N5O. The van der Waals surface area contributed by atoms with E-state index in [1.54, 1.807) is 23.1 Å². The minimum Gasteiger partial charge on any atom is -0.368 e. The average molecular weight is 328 g/mol. The minimum atomic E-state index is -0.183. The van der Waals surface area contributed by atoms with Gasteiger partial charge in [-0.1, -0.05) is 23.2 Å². The van der Waals surface area contributed by atoms with Crippen molar-refractivity contribution in [2.24, 2.45) is 15.7 Å². The molecule has 1 saturated heterocycles. The maximum atomic E-state index is 11.6. The number of rotatable bonds is 2. The molecular weight excluding hydrogens is 313 g/mol. The molecule has 1 amide bonds. The lowest BCUT2D eigenvalue weighted by Crippen LogP contribution is -2.32. The number of carbonyl (C=O) groups is 1. The van der Waals surface area contributed by atoms with Crippen molar-refractivity contribution in [2.45, 2.75) is 19.9 Å². The molecule has 3 N–H and O–H groups in total. The van der Waals surface area contributed by atoms with Crippen LogP contribution in [0.2, 0.25) is 10.0 Å². The second-order valence-corrected chi connectivity index (χ2v) is 5.56. The molecule has 0 atom stereocenters. The van der Waals surface area contributed by atoms with E-state index in [1.807, 2.05) is 13.8 Å². The number of hydrogen-bond acceptors (Lipinski definition) is 2. The van der Waals surface area contributed by atoms with E-state index in [9.17, 15) is 4.79 Å². The second-order valence-electron chi connectivity index (χ2n) is 4.75. The number of benzene rings is 1. The van der Waals surface area contributed by atoms with Crippen molar-refractivity contribution in [3.05, 3.63) is 28.2 Å². The summed E-state index contributed by atoms with van der Waals surface area (Å²) in [5.41, 5.74) is 6.42. The smallest absolute Gasteiger partial charge is 0.246 e. The number of halogens is 2. The molecule has 21 heavy (non-hydrogen) atoms. The molecule has 0 radical (unpaired) electrons. The SMILES string of the molecule is CC(C)N=C(N)N=C1NC(=O)CN1c1ccc(Cl)c(Cl)c1. The molecule has 1 aliphatic heterocycles. The van der Waals surface area contributed by atoms with Crippen LogP contribution in [0.15, 0.2) is 28.2 Å². The van der Waals surface area contributed by atoms with Crippen LogP contribution in [0.5, 0.6) is 0 Å². The number of amides is 1. The van der Waals surface area contributed by atoms with Crippen LogP contribution in [-0.4, -0.2) is 30.4 Å². The fourth-order valence-electron chi connectivity index (χ4n) is 1.81. The number of carbonyl (C=O) groups excluding carboxylic acids is 1. The summed E-state index contributed by atoms with van der Waals surface area (Å²) in [6.07, 6.45) is 0. The lowest BCUT2D eigenvalue weighted by atomic mass is 10.3. The highest BCUT2D eigenvalue weighted by Gasteiger charge is 2.27. The molecule has 2 rings (SSSR count). The van der Waals surface area contributed by atoms with E-state index in [1.165, 1.54) is 0 Å². The van der Waals surface area contributed by atoms with Crippen LogP contribution >= 0.6 is 23.2 Å². The van der Waals surface area contributed by atoms with Crippen LogP contribution in [0, 0.1) is 0 Å². The molecule has 0 saturated carbocycles. The number of anilines is 1. The topological polar surface area (TPSA) is 83.1 Å². The first-order valence-electron chi connectivity index (χ1n) is 6.31. The van der Waals surface area contributed by atoms with Crippen LogP contribution in [0.4, 0.5) is 5.69 Å². The third kappa shape index (κ3) is 3.86. The van der Waals surface area contributed by atoms with Crippen molar-refractivity contribution >= 4 is 46.7 Å². The quantitative estimate of drug-likeness (QED) is 0.643. The van der Waals surface area contributed by atoms with Crippen molar-refractivity contribution in [1.29, 1.82) is 0 Å². The predicted octanol–water partition coefficient (Wildman–Crippen LogP) is 2.01. The van der Waals surface area contributed by atoms with Gasteiger partial charge in [0.15, 0.2) is 0 Å². The Hall–Kier alpha value is -1.79. The summed E-state index contributed by atoms with van der Waals surface area (Å²) >= 11 is 11.9. The Labute approximate surface area is 132 Å².